The number of para-hydroxylation sites is 1. The summed E-state index contributed by atoms with van der Waals surface area (Å²) in [6.45, 7) is 0.471. The Morgan fingerprint density at radius 3 is 3.08 bits per heavy atom. The van der Waals surface area contributed by atoms with Crippen LogP contribution in [-0.4, -0.2) is 5.16 Å². The average molecular weight is 227 g/mol. The number of halogens is 1. The Hall–Kier alpha value is -0.870. The summed E-state index contributed by atoms with van der Waals surface area (Å²) in [6, 6.07) is 5.81. The number of benzene rings is 1. The van der Waals surface area contributed by atoms with E-state index in [4.69, 9.17) is 10.3 Å². The van der Waals surface area contributed by atoms with Crippen molar-refractivity contribution >= 4 is 26.9 Å². The minimum Gasteiger partial charge on any atom is -0.355 e. The summed E-state index contributed by atoms with van der Waals surface area (Å²) in [6.07, 6.45) is 0. The van der Waals surface area contributed by atoms with Crippen LogP contribution in [0.15, 0.2) is 27.3 Å². The molecule has 0 aliphatic carbocycles. The van der Waals surface area contributed by atoms with E-state index in [-0.39, 0.29) is 0 Å². The molecular formula is C8H7BrN2O. The number of fused-ring (bicyclic) bond motifs is 1. The van der Waals surface area contributed by atoms with Gasteiger partial charge < -0.3 is 10.3 Å². The van der Waals surface area contributed by atoms with Crippen molar-refractivity contribution in [1.82, 2.24) is 5.16 Å². The second-order valence-corrected chi connectivity index (χ2v) is 3.22. The van der Waals surface area contributed by atoms with Crippen molar-refractivity contribution in [2.45, 2.75) is 6.54 Å². The average Bonchev–Trinajstić information content (AvgIpc) is 2.48. The van der Waals surface area contributed by atoms with Gasteiger partial charge in [-0.15, -0.1) is 0 Å². The molecule has 1 aromatic carbocycles. The van der Waals surface area contributed by atoms with Gasteiger partial charge in [-0.2, -0.15) is 0 Å². The van der Waals surface area contributed by atoms with Gasteiger partial charge in [0, 0.05) is 12.1 Å². The lowest BCUT2D eigenvalue weighted by Crippen LogP contribution is -1.95. The maximum Gasteiger partial charge on any atom is 0.172 e. The van der Waals surface area contributed by atoms with Crippen molar-refractivity contribution in [2.75, 3.05) is 0 Å². The summed E-state index contributed by atoms with van der Waals surface area (Å²) < 4.78 is 5.82. The van der Waals surface area contributed by atoms with Crippen molar-refractivity contribution < 1.29 is 4.52 Å². The fourth-order valence-electron chi connectivity index (χ4n) is 1.15. The third-order valence-electron chi connectivity index (χ3n) is 1.76. The van der Waals surface area contributed by atoms with E-state index in [1.54, 1.807) is 0 Å². The van der Waals surface area contributed by atoms with Gasteiger partial charge in [0.05, 0.1) is 5.39 Å². The molecule has 0 atom stereocenters. The fourth-order valence-corrected chi connectivity index (χ4v) is 1.54. The fraction of sp³-hybridized carbons (Fsp3) is 0.125. The molecule has 0 bridgehead atoms. The van der Waals surface area contributed by atoms with Gasteiger partial charge >= 0.3 is 0 Å². The van der Waals surface area contributed by atoms with Crippen molar-refractivity contribution in [3.05, 3.63) is 28.4 Å². The molecule has 12 heavy (non-hydrogen) atoms. The highest BCUT2D eigenvalue weighted by Gasteiger charge is 2.07. The molecule has 62 valence electrons. The lowest BCUT2D eigenvalue weighted by Gasteiger charge is -1.94. The Bertz CT molecular complexity index is 410. The van der Waals surface area contributed by atoms with Gasteiger partial charge in [0.1, 0.15) is 0 Å². The zero-order valence-electron chi connectivity index (χ0n) is 6.25. The van der Waals surface area contributed by atoms with E-state index in [0.29, 0.717) is 6.54 Å². The van der Waals surface area contributed by atoms with Crippen LogP contribution in [0.1, 0.15) is 5.56 Å². The third kappa shape index (κ3) is 1.04. The van der Waals surface area contributed by atoms with Crippen molar-refractivity contribution in [3.8, 4) is 0 Å². The molecule has 0 spiro atoms. The Balaban J connectivity index is 2.81. The van der Waals surface area contributed by atoms with Gasteiger partial charge in [0.25, 0.3) is 0 Å². The van der Waals surface area contributed by atoms with Gasteiger partial charge in [0.15, 0.2) is 10.2 Å². The largest absolute Gasteiger partial charge is 0.355 e. The first-order valence-corrected chi connectivity index (χ1v) is 4.35. The van der Waals surface area contributed by atoms with Crippen LogP contribution < -0.4 is 5.73 Å². The van der Waals surface area contributed by atoms with E-state index in [9.17, 15) is 0 Å². The SMILES string of the molecule is NCc1cccc2c(Br)noc12. The molecule has 0 amide bonds. The second kappa shape index (κ2) is 2.88. The lowest BCUT2D eigenvalue weighted by atomic mass is 10.2. The van der Waals surface area contributed by atoms with Gasteiger partial charge in [-0.3, -0.25) is 0 Å². The molecule has 0 unspecified atom stereocenters. The molecule has 4 heteroatoms. The van der Waals surface area contributed by atoms with Gasteiger partial charge in [-0.1, -0.05) is 17.3 Å². The molecule has 0 saturated heterocycles. The van der Waals surface area contributed by atoms with Gasteiger partial charge in [-0.05, 0) is 22.0 Å². The topological polar surface area (TPSA) is 52.0 Å². The van der Waals surface area contributed by atoms with Gasteiger partial charge in [0.2, 0.25) is 0 Å². The number of nitrogens with two attached hydrogens (primary N) is 1. The third-order valence-corrected chi connectivity index (χ3v) is 2.33. The molecule has 0 aliphatic rings. The zero-order valence-corrected chi connectivity index (χ0v) is 7.84. The Morgan fingerprint density at radius 1 is 1.50 bits per heavy atom. The Labute approximate surface area is 77.7 Å². The summed E-state index contributed by atoms with van der Waals surface area (Å²) in [5.74, 6) is 0. The quantitative estimate of drug-likeness (QED) is 0.810. The number of hydrogen-bond donors (Lipinski definition) is 1. The highest BCUT2D eigenvalue weighted by Crippen LogP contribution is 2.25. The normalized spacial score (nSPS) is 10.8. The van der Waals surface area contributed by atoms with Crippen LogP contribution in [0.2, 0.25) is 0 Å². The Morgan fingerprint density at radius 2 is 2.33 bits per heavy atom. The smallest absolute Gasteiger partial charge is 0.172 e. The number of rotatable bonds is 1. The van der Waals surface area contributed by atoms with E-state index < -0.39 is 0 Å². The van der Waals surface area contributed by atoms with Crippen LogP contribution in [0.4, 0.5) is 0 Å². The van der Waals surface area contributed by atoms with E-state index in [1.807, 2.05) is 18.2 Å². The zero-order chi connectivity index (χ0) is 8.55. The molecule has 2 aromatic rings. The highest BCUT2D eigenvalue weighted by atomic mass is 79.9. The molecule has 2 N–H and O–H groups in total. The maximum atomic E-state index is 5.52. The highest BCUT2D eigenvalue weighted by molar-refractivity contribution is 9.10. The Kier molecular flexibility index (Phi) is 1.86. The molecule has 0 radical (unpaired) electrons. The van der Waals surface area contributed by atoms with Crippen LogP contribution in [0.5, 0.6) is 0 Å². The molecular weight excluding hydrogens is 220 g/mol. The van der Waals surface area contributed by atoms with E-state index in [0.717, 1.165) is 21.1 Å². The molecule has 1 aromatic heterocycles. The summed E-state index contributed by atoms with van der Waals surface area (Å²) >= 11 is 3.28. The van der Waals surface area contributed by atoms with Gasteiger partial charge in [-0.25, -0.2) is 0 Å². The number of aromatic nitrogens is 1. The first kappa shape index (κ1) is 7.76. The molecule has 2 rings (SSSR count). The van der Waals surface area contributed by atoms with E-state index in [2.05, 4.69) is 21.1 Å². The van der Waals surface area contributed by atoms with Crippen molar-refractivity contribution in [2.24, 2.45) is 5.73 Å². The van der Waals surface area contributed by atoms with Crippen LogP contribution in [0, 0.1) is 0 Å². The minimum absolute atomic E-state index is 0.471. The maximum absolute atomic E-state index is 5.52. The monoisotopic (exact) mass is 226 g/mol. The van der Waals surface area contributed by atoms with Crippen LogP contribution in [0.25, 0.3) is 11.0 Å². The van der Waals surface area contributed by atoms with Crippen molar-refractivity contribution in [3.63, 3.8) is 0 Å². The van der Waals surface area contributed by atoms with Crippen molar-refractivity contribution in [1.29, 1.82) is 0 Å². The summed E-state index contributed by atoms with van der Waals surface area (Å²) in [4.78, 5) is 0. The van der Waals surface area contributed by atoms with E-state index in [1.165, 1.54) is 0 Å². The first-order valence-electron chi connectivity index (χ1n) is 3.56. The second-order valence-electron chi connectivity index (χ2n) is 2.47. The lowest BCUT2D eigenvalue weighted by molar-refractivity contribution is 0.449. The summed E-state index contributed by atoms with van der Waals surface area (Å²) in [5.41, 5.74) is 7.27. The predicted molar refractivity (Wildman–Crippen MR) is 49.6 cm³/mol. The molecule has 0 aliphatic heterocycles. The standard InChI is InChI=1S/C8H7BrN2O/c9-8-6-3-1-2-5(4-10)7(6)12-11-8/h1-3H,4,10H2. The molecule has 3 nitrogen and oxygen atoms in total. The van der Waals surface area contributed by atoms with Crippen LogP contribution >= 0.6 is 15.9 Å². The molecule has 0 fully saturated rings. The summed E-state index contributed by atoms with van der Waals surface area (Å²) in [5, 5.41) is 4.76. The predicted octanol–water partition coefficient (Wildman–Crippen LogP) is 2.05. The first-order chi connectivity index (χ1) is 5.83. The molecule has 0 saturated carbocycles. The molecule has 1 heterocycles. The van der Waals surface area contributed by atoms with Crippen LogP contribution in [-0.2, 0) is 6.54 Å². The summed E-state index contributed by atoms with van der Waals surface area (Å²) in [7, 11) is 0. The van der Waals surface area contributed by atoms with E-state index >= 15 is 0 Å². The number of hydrogen-bond acceptors (Lipinski definition) is 3. The number of nitrogens with zero attached hydrogens (tertiary/aromatic N) is 1. The van der Waals surface area contributed by atoms with Crippen LogP contribution in [0.3, 0.4) is 0 Å². The minimum atomic E-state index is 0.471.